The third-order valence-corrected chi connectivity index (χ3v) is 5.22. The van der Waals surface area contributed by atoms with Crippen molar-refractivity contribution in [3.05, 3.63) is 41.0 Å². The summed E-state index contributed by atoms with van der Waals surface area (Å²) in [4.78, 5) is 14.4. The minimum Gasteiger partial charge on any atom is -0.491 e. The van der Waals surface area contributed by atoms with Crippen molar-refractivity contribution in [3.63, 3.8) is 0 Å². The van der Waals surface area contributed by atoms with Gasteiger partial charge in [-0.3, -0.25) is 0 Å². The standard InChI is InChI=1S/C20H23BrN4O2/c21-15-10-18-20(22-11-15)24-19(23-18)14-4-6-17(7-5-14)27-13-16(26)12-25-8-2-1-3-9-25/h4-7,10-11,16,26H,1-3,8-9,12-13H2,(H,22,23,24). The van der Waals surface area contributed by atoms with E-state index in [2.05, 4.69) is 35.8 Å². The zero-order valence-electron chi connectivity index (χ0n) is 15.1. The lowest BCUT2D eigenvalue weighted by molar-refractivity contribution is 0.0617. The molecular formula is C20H23BrN4O2. The van der Waals surface area contributed by atoms with Gasteiger partial charge in [-0.2, -0.15) is 0 Å². The number of aromatic amines is 1. The number of aromatic nitrogens is 3. The average molecular weight is 431 g/mol. The number of rotatable bonds is 6. The Bertz CT molecular complexity index is 891. The predicted octanol–water partition coefficient (Wildman–Crippen LogP) is 3.61. The Hall–Kier alpha value is -1.96. The van der Waals surface area contributed by atoms with Gasteiger partial charge in [-0.1, -0.05) is 6.42 Å². The van der Waals surface area contributed by atoms with Crippen LogP contribution in [0.25, 0.3) is 22.6 Å². The van der Waals surface area contributed by atoms with Gasteiger partial charge in [0.05, 0.1) is 0 Å². The Kier molecular flexibility index (Phi) is 5.71. The van der Waals surface area contributed by atoms with Gasteiger partial charge >= 0.3 is 0 Å². The molecule has 0 spiro atoms. The first-order valence-electron chi connectivity index (χ1n) is 9.32. The molecule has 1 fully saturated rings. The number of nitrogens with zero attached hydrogens (tertiary/aromatic N) is 3. The second-order valence-corrected chi connectivity index (χ2v) is 7.87. The fourth-order valence-corrected chi connectivity index (χ4v) is 3.72. The summed E-state index contributed by atoms with van der Waals surface area (Å²) in [6.45, 7) is 3.14. The molecule has 1 aliphatic heterocycles. The maximum absolute atomic E-state index is 10.2. The fourth-order valence-electron chi connectivity index (χ4n) is 3.40. The molecule has 3 aromatic rings. The van der Waals surface area contributed by atoms with E-state index < -0.39 is 6.10 Å². The van der Waals surface area contributed by atoms with E-state index in [1.807, 2.05) is 30.3 Å². The molecular weight excluding hydrogens is 408 g/mol. The Balaban J connectivity index is 1.35. The lowest BCUT2D eigenvalue weighted by Crippen LogP contribution is -2.38. The maximum atomic E-state index is 10.2. The number of halogens is 1. The van der Waals surface area contributed by atoms with Crippen LogP contribution in [-0.4, -0.2) is 57.3 Å². The number of ether oxygens (including phenoxy) is 1. The van der Waals surface area contributed by atoms with Crippen molar-refractivity contribution in [2.24, 2.45) is 0 Å². The van der Waals surface area contributed by atoms with E-state index in [0.29, 0.717) is 13.2 Å². The third-order valence-electron chi connectivity index (χ3n) is 4.79. The van der Waals surface area contributed by atoms with Crippen molar-refractivity contribution in [2.45, 2.75) is 25.4 Å². The summed E-state index contributed by atoms with van der Waals surface area (Å²) < 4.78 is 6.65. The van der Waals surface area contributed by atoms with Crippen LogP contribution in [0.3, 0.4) is 0 Å². The van der Waals surface area contributed by atoms with Gasteiger partial charge in [0.15, 0.2) is 5.65 Å². The minimum absolute atomic E-state index is 0.304. The molecule has 1 saturated heterocycles. The highest BCUT2D eigenvalue weighted by molar-refractivity contribution is 9.10. The number of imidazole rings is 1. The van der Waals surface area contributed by atoms with Crippen LogP contribution in [0.2, 0.25) is 0 Å². The normalized spacial score (nSPS) is 16.5. The van der Waals surface area contributed by atoms with Crippen LogP contribution in [0.15, 0.2) is 41.0 Å². The van der Waals surface area contributed by atoms with Crippen molar-refractivity contribution in [1.29, 1.82) is 0 Å². The summed E-state index contributed by atoms with van der Waals surface area (Å²) in [7, 11) is 0. The van der Waals surface area contributed by atoms with Gasteiger partial charge in [0.1, 0.15) is 29.8 Å². The molecule has 3 heterocycles. The highest BCUT2D eigenvalue weighted by atomic mass is 79.9. The molecule has 2 aromatic heterocycles. The third kappa shape index (κ3) is 4.66. The number of aliphatic hydroxyl groups is 1. The zero-order chi connectivity index (χ0) is 18.6. The molecule has 7 heteroatoms. The van der Waals surface area contributed by atoms with Crippen molar-refractivity contribution >= 4 is 27.1 Å². The topological polar surface area (TPSA) is 74.3 Å². The van der Waals surface area contributed by atoms with Crippen LogP contribution in [0.1, 0.15) is 19.3 Å². The number of aliphatic hydroxyl groups excluding tert-OH is 1. The minimum atomic E-state index is -0.470. The van der Waals surface area contributed by atoms with Crippen LogP contribution >= 0.6 is 15.9 Å². The smallest absolute Gasteiger partial charge is 0.157 e. The lowest BCUT2D eigenvalue weighted by Gasteiger charge is -2.28. The number of fused-ring (bicyclic) bond motifs is 1. The molecule has 4 rings (SSSR count). The maximum Gasteiger partial charge on any atom is 0.157 e. The lowest BCUT2D eigenvalue weighted by atomic mass is 10.1. The molecule has 0 saturated carbocycles. The predicted molar refractivity (Wildman–Crippen MR) is 109 cm³/mol. The molecule has 27 heavy (non-hydrogen) atoms. The second kappa shape index (κ2) is 8.37. The van der Waals surface area contributed by atoms with Crippen LogP contribution in [0, 0.1) is 0 Å². The van der Waals surface area contributed by atoms with E-state index >= 15 is 0 Å². The molecule has 142 valence electrons. The highest BCUT2D eigenvalue weighted by Crippen LogP contribution is 2.23. The van der Waals surface area contributed by atoms with Crippen molar-refractivity contribution < 1.29 is 9.84 Å². The summed E-state index contributed by atoms with van der Waals surface area (Å²) in [6, 6.07) is 9.65. The molecule has 1 atom stereocenters. The molecule has 1 unspecified atom stereocenters. The monoisotopic (exact) mass is 430 g/mol. The number of H-pyrrole nitrogens is 1. The number of pyridine rings is 1. The summed E-state index contributed by atoms with van der Waals surface area (Å²) in [5.74, 6) is 1.51. The Morgan fingerprint density at radius 1 is 1.19 bits per heavy atom. The van der Waals surface area contributed by atoms with E-state index in [4.69, 9.17) is 4.74 Å². The summed E-state index contributed by atoms with van der Waals surface area (Å²) in [6.07, 6.45) is 5.03. The Morgan fingerprint density at radius 2 is 1.96 bits per heavy atom. The molecule has 1 aromatic carbocycles. The molecule has 1 aliphatic rings. The molecule has 0 aliphatic carbocycles. The molecule has 6 nitrogen and oxygen atoms in total. The Labute approximate surface area is 166 Å². The van der Waals surface area contributed by atoms with Crippen LogP contribution in [0.4, 0.5) is 0 Å². The quantitative estimate of drug-likeness (QED) is 0.624. The number of hydrogen-bond acceptors (Lipinski definition) is 5. The molecule has 0 radical (unpaired) electrons. The summed E-state index contributed by atoms with van der Waals surface area (Å²) in [5, 5.41) is 10.2. The number of piperidine rings is 1. The number of benzene rings is 1. The SMILES string of the molecule is OC(COc1ccc(-c2nc3cc(Br)cnc3[nH]2)cc1)CN1CCCCC1. The van der Waals surface area contributed by atoms with Gasteiger partial charge in [0.2, 0.25) is 0 Å². The second-order valence-electron chi connectivity index (χ2n) is 6.96. The molecule has 0 bridgehead atoms. The Morgan fingerprint density at radius 3 is 2.74 bits per heavy atom. The van der Waals surface area contributed by atoms with Gasteiger partial charge in [-0.15, -0.1) is 0 Å². The summed E-state index contributed by atoms with van der Waals surface area (Å²) in [5.41, 5.74) is 2.54. The van der Waals surface area contributed by atoms with Crippen molar-refractivity contribution in [2.75, 3.05) is 26.2 Å². The number of likely N-dealkylation sites (tertiary alicyclic amines) is 1. The van der Waals surface area contributed by atoms with Gasteiger partial charge in [-0.05, 0) is 72.2 Å². The summed E-state index contributed by atoms with van der Waals surface area (Å²) >= 11 is 3.41. The van der Waals surface area contributed by atoms with Gasteiger partial charge < -0.3 is 19.7 Å². The first kappa shape index (κ1) is 18.4. The van der Waals surface area contributed by atoms with Crippen molar-refractivity contribution in [3.8, 4) is 17.1 Å². The number of nitrogens with one attached hydrogen (secondary N) is 1. The average Bonchev–Trinajstić information content (AvgIpc) is 3.11. The van der Waals surface area contributed by atoms with Crippen LogP contribution < -0.4 is 4.74 Å². The largest absolute Gasteiger partial charge is 0.491 e. The highest BCUT2D eigenvalue weighted by Gasteiger charge is 2.15. The molecule has 2 N–H and O–H groups in total. The van der Waals surface area contributed by atoms with E-state index in [0.717, 1.165) is 45.9 Å². The van der Waals surface area contributed by atoms with E-state index in [1.54, 1.807) is 6.20 Å². The van der Waals surface area contributed by atoms with Crippen LogP contribution in [0.5, 0.6) is 5.75 Å². The van der Waals surface area contributed by atoms with Gasteiger partial charge in [-0.25, -0.2) is 9.97 Å². The van der Waals surface area contributed by atoms with Crippen LogP contribution in [-0.2, 0) is 0 Å². The van der Waals surface area contributed by atoms with Gasteiger partial charge in [0.25, 0.3) is 0 Å². The van der Waals surface area contributed by atoms with E-state index in [-0.39, 0.29) is 0 Å². The fraction of sp³-hybridized carbons (Fsp3) is 0.400. The molecule has 0 amide bonds. The van der Waals surface area contributed by atoms with E-state index in [9.17, 15) is 5.11 Å². The van der Waals surface area contributed by atoms with E-state index in [1.165, 1.54) is 19.3 Å². The van der Waals surface area contributed by atoms with Gasteiger partial charge in [0, 0.05) is 22.8 Å². The first-order chi connectivity index (χ1) is 13.2. The zero-order valence-corrected chi connectivity index (χ0v) is 16.7. The first-order valence-corrected chi connectivity index (χ1v) is 10.1. The number of β-amino-alcohol motifs (C(OH)–C–C–N with tert-alkyl or cyclic N) is 1. The van der Waals surface area contributed by atoms with Crippen molar-refractivity contribution in [1.82, 2.24) is 19.9 Å². The number of hydrogen-bond donors (Lipinski definition) is 2.